The number of para-hydroxylation sites is 1. The van der Waals surface area contributed by atoms with Gasteiger partial charge >= 0.3 is 12.0 Å². The van der Waals surface area contributed by atoms with Crippen LogP contribution in [0.4, 0.5) is 4.79 Å². The third-order valence-electron chi connectivity index (χ3n) is 2.94. The molecule has 24 heavy (non-hydrogen) atoms. The van der Waals surface area contributed by atoms with Crippen molar-refractivity contribution in [1.82, 2.24) is 14.9 Å². The molecule has 1 heterocycles. The van der Waals surface area contributed by atoms with Gasteiger partial charge in [-0.15, -0.1) is 0 Å². The first-order chi connectivity index (χ1) is 11.4. The Kier molecular flexibility index (Phi) is 5.53. The van der Waals surface area contributed by atoms with E-state index in [0.717, 1.165) is 16.3 Å². The number of carbonyl (C=O) groups excluding carboxylic acids is 3. The summed E-state index contributed by atoms with van der Waals surface area (Å²) in [6.45, 7) is -0.340. The second kappa shape index (κ2) is 7.59. The second-order valence-corrected chi connectivity index (χ2v) is 5.52. The van der Waals surface area contributed by atoms with E-state index in [9.17, 15) is 19.2 Å². The molecule has 0 saturated heterocycles. The molecule has 0 saturated carbocycles. The van der Waals surface area contributed by atoms with E-state index in [0.29, 0.717) is 10.9 Å². The predicted octanol–water partition coefficient (Wildman–Crippen LogP) is -0.143. The standard InChI is InChI=1S/C14H14N4O5S/c1-23-11(20)6-18-12(21)8-4-2-3-5-9(8)16-14(18)24-7-10(19)17-13(15)22/h2-5H,6-7H2,1H3,(H3,15,17,19,22). The van der Waals surface area contributed by atoms with Gasteiger partial charge in [0, 0.05) is 0 Å². The van der Waals surface area contributed by atoms with E-state index in [1.807, 2.05) is 5.32 Å². The number of urea groups is 1. The van der Waals surface area contributed by atoms with Crippen LogP contribution in [0.15, 0.2) is 34.2 Å². The Balaban J connectivity index is 2.40. The predicted molar refractivity (Wildman–Crippen MR) is 86.5 cm³/mol. The van der Waals surface area contributed by atoms with Crippen molar-refractivity contribution in [2.24, 2.45) is 5.73 Å². The molecule has 3 N–H and O–H groups in total. The number of primary amides is 1. The average Bonchev–Trinajstić information content (AvgIpc) is 2.55. The van der Waals surface area contributed by atoms with E-state index in [-0.39, 0.29) is 17.5 Å². The van der Waals surface area contributed by atoms with E-state index in [1.165, 1.54) is 7.11 Å². The van der Waals surface area contributed by atoms with E-state index in [1.54, 1.807) is 24.3 Å². The molecule has 10 heteroatoms. The van der Waals surface area contributed by atoms with Crippen molar-refractivity contribution < 1.29 is 19.1 Å². The molecule has 2 rings (SSSR count). The fraction of sp³-hybridized carbons (Fsp3) is 0.214. The summed E-state index contributed by atoms with van der Waals surface area (Å²) < 4.78 is 5.70. The van der Waals surface area contributed by atoms with Crippen LogP contribution in [0.3, 0.4) is 0 Å². The monoisotopic (exact) mass is 350 g/mol. The number of rotatable bonds is 5. The molecule has 0 fully saturated rings. The maximum Gasteiger partial charge on any atom is 0.325 e. The number of imide groups is 1. The lowest BCUT2D eigenvalue weighted by Gasteiger charge is -2.11. The van der Waals surface area contributed by atoms with Crippen LogP contribution in [0.25, 0.3) is 10.9 Å². The van der Waals surface area contributed by atoms with Gasteiger partial charge in [0.2, 0.25) is 5.91 Å². The molecule has 0 aliphatic rings. The van der Waals surface area contributed by atoms with Crippen LogP contribution in [-0.2, 0) is 20.9 Å². The number of fused-ring (bicyclic) bond motifs is 1. The SMILES string of the molecule is COC(=O)Cn1c(SCC(=O)NC(N)=O)nc2ccccc2c1=O. The molecule has 0 atom stereocenters. The van der Waals surface area contributed by atoms with Crippen LogP contribution in [-0.4, -0.2) is 40.3 Å². The number of esters is 1. The number of benzene rings is 1. The lowest BCUT2D eigenvalue weighted by atomic mass is 10.2. The minimum absolute atomic E-state index is 0.156. The number of ether oxygens (including phenoxy) is 1. The Morgan fingerprint density at radius 3 is 2.71 bits per heavy atom. The van der Waals surface area contributed by atoms with Crippen molar-refractivity contribution >= 4 is 40.6 Å². The van der Waals surface area contributed by atoms with Crippen molar-refractivity contribution in [3.63, 3.8) is 0 Å². The molecule has 2 aromatic rings. The van der Waals surface area contributed by atoms with E-state index >= 15 is 0 Å². The zero-order valence-corrected chi connectivity index (χ0v) is 13.5. The van der Waals surface area contributed by atoms with Gasteiger partial charge in [-0.05, 0) is 12.1 Å². The highest BCUT2D eigenvalue weighted by Gasteiger charge is 2.16. The normalized spacial score (nSPS) is 10.4. The number of amides is 3. The largest absolute Gasteiger partial charge is 0.468 e. The number of carbonyl (C=O) groups is 3. The Bertz CT molecular complexity index is 864. The van der Waals surface area contributed by atoms with Gasteiger partial charge < -0.3 is 10.5 Å². The number of thioether (sulfide) groups is 1. The van der Waals surface area contributed by atoms with Crippen molar-refractivity contribution in [1.29, 1.82) is 0 Å². The number of nitrogens with one attached hydrogen (secondary N) is 1. The quantitative estimate of drug-likeness (QED) is 0.435. The number of nitrogens with two attached hydrogens (primary N) is 1. The highest BCUT2D eigenvalue weighted by molar-refractivity contribution is 7.99. The fourth-order valence-electron chi connectivity index (χ4n) is 1.89. The van der Waals surface area contributed by atoms with E-state index < -0.39 is 23.5 Å². The first-order valence-corrected chi connectivity index (χ1v) is 7.69. The number of hydrogen-bond acceptors (Lipinski definition) is 7. The number of methoxy groups -OCH3 is 1. The van der Waals surface area contributed by atoms with E-state index in [4.69, 9.17) is 5.73 Å². The molecule has 3 amide bonds. The van der Waals surface area contributed by atoms with Crippen LogP contribution >= 0.6 is 11.8 Å². The molecule has 0 bridgehead atoms. The Labute approximate surface area is 140 Å². The molecule has 9 nitrogen and oxygen atoms in total. The molecule has 0 spiro atoms. The smallest absolute Gasteiger partial charge is 0.325 e. The summed E-state index contributed by atoms with van der Waals surface area (Å²) in [5, 5.41) is 2.40. The lowest BCUT2D eigenvalue weighted by molar-refractivity contribution is -0.141. The molecule has 126 valence electrons. The third-order valence-corrected chi connectivity index (χ3v) is 3.91. The maximum absolute atomic E-state index is 12.6. The van der Waals surface area contributed by atoms with Gasteiger partial charge in [0.05, 0.1) is 23.8 Å². The maximum atomic E-state index is 12.6. The summed E-state index contributed by atoms with van der Waals surface area (Å²) >= 11 is 0.903. The lowest BCUT2D eigenvalue weighted by Crippen LogP contribution is -2.36. The highest BCUT2D eigenvalue weighted by atomic mass is 32.2. The molecule has 0 radical (unpaired) electrons. The van der Waals surface area contributed by atoms with Crippen LogP contribution in [0.1, 0.15) is 0 Å². The fourth-order valence-corrected chi connectivity index (χ4v) is 2.69. The summed E-state index contributed by atoms with van der Waals surface area (Å²) in [5.74, 6) is -1.47. The van der Waals surface area contributed by atoms with Crippen LogP contribution in [0.5, 0.6) is 0 Å². The van der Waals surface area contributed by atoms with Crippen LogP contribution in [0.2, 0.25) is 0 Å². The average molecular weight is 350 g/mol. The highest BCUT2D eigenvalue weighted by Crippen LogP contribution is 2.17. The first kappa shape index (κ1) is 17.5. The summed E-state index contributed by atoms with van der Waals surface area (Å²) in [6, 6.07) is 5.66. The summed E-state index contributed by atoms with van der Waals surface area (Å²) in [6.07, 6.45) is 0. The molecular weight excluding hydrogens is 336 g/mol. The number of nitrogens with zero attached hydrogens (tertiary/aromatic N) is 2. The van der Waals surface area contributed by atoms with Gasteiger partial charge in [-0.2, -0.15) is 0 Å². The first-order valence-electron chi connectivity index (χ1n) is 6.71. The second-order valence-electron chi connectivity index (χ2n) is 4.58. The summed E-state index contributed by atoms with van der Waals surface area (Å²) in [4.78, 5) is 50.6. The Hall–Kier alpha value is -2.88. The molecule has 0 unspecified atom stereocenters. The minimum atomic E-state index is -0.973. The van der Waals surface area contributed by atoms with Crippen molar-refractivity contribution in [2.45, 2.75) is 11.7 Å². The number of aromatic nitrogens is 2. The Morgan fingerprint density at radius 2 is 2.04 bits per heavy atom. The van der Waals surface area contributed by atoms with Crippen molar-refractivity contribution in [2.75, 3.05) is 12.9 Å². The van der Waals surface area contributed by atoms with Crippen LogP contribution in [0, 0.1) is 0 Å². The summed E-state index contributed by atoms with van der Waals surface area (Å²) in [7, 11) is 1.20. The minimum Gasteiger partial charge on any atom is -0.468 e. The van der Waals surface area contributed by atoms with Crippen molar-refractivity contribution in [3.8, 4) is 0 Å². The summed E-state index contributed by atoms with van der Waals surface area (Å²) in [5.41, 5.74) is 4.87. The molecule has 1 aromatic carbocycles. The van der Waals surface area contributed by atoms with E-state index in [2.05, 4.69) is 9.72 Å². The van der Waals surface area contributed by atoms with Gasteiger partial charge in [0.1, 0.15) is 6.54 Å². The molecule has 0 aliphatic carbocycles. The van der Waals surface area contributed by atoms with Crippen LogP contribution < -0.4 is 16.6 Å². The van der Waals surface area contributed by atoms with Gasteiger partial charge in [0.15, 0.2) is 5.16 Å². The Morgan fingerprint density at radius 1 is 1.33 bits per heavy atom. The van der Waals surface area contributed by atoms with Gasteiger partial charge in [-0.1, -0.05) is 23.9 Å². The van der Waals surface area contributed by atoms with Gasteiger partial charge in [-0.3, -0.25) is 24.3 Å². The van der Waals surface area contributed by atoms with Gasteiger partial charge in [-0.25, -0.2) is 9.78 Å². The number of hydrogen-bond donors (Lipinski definition) is 2. The van der Waals surface area contributed by atoms with Crippen molar-refractivity contribution in [3.05, 3.63) is 34.6 Å². The topological polar surface area (TPSA) is 133 Å². The zero-order chi connectivity index (χ0) is 17.7. The molecule has 0 aliphatic heterocycles. The third kappa shape index (κ3) is 4.10. The zero-order valence-electron chi connectivity index (χ0n) is 12.6. The van der Waals surface area contributed by atoms with Gasteiger partial charge in [0.25, 0.3) is 5.56 Å². The molecule has 1 aromatic heterocycles. The molecular formula is C14H14N4O5S.